The van der Waals surface area contributed by atoms with Crippen molar-refractivity contribution in [2.45, 2.75) is 26.2 Å². The summed E-state index contributed by atoms with van der Waals surface area (Å²) in [5, 5.41) is 0. The van der Waals surface area contributed by atoms with E-state index < -0.39 is 0 Å². The van der Waals surface area contributed by atoms with Crippen molar-refractivity contribution in [3.05, 3.63) is 23.8 Å². The van der Waals surface area contributed by atoms with Gasteiger partial charge in [0.25, 0.3) is 0 Å². The van der Waals surface area contributed by atoms with E-state index >= 15 is 0 Å². The summed E-state index contributed by atoms with van der Waals surface area (Å²) in [7, 11) is 7.67. The van der Waals surface area contributed by atoms with E-state index in [9.17, 15) is 4.79 Å². The normalized spacial score (nSPS) is 10.7. The molecular weight excluding hydrogens is 374 g/mol. The fourth-order valence-corrected chi connectivity index (χ4v) is 2.57. The first-order chi connectivity index (χ1) is 10.9. The highest BCUT2D eigenvalue weighted by molar-refractivity contribution is 5.69. The third kappa shape index (κ3) is 7.53. The summed E-state index contributed by atoms with van der Waals surface area (Å²) >= 11 is 0. The molecular formula is C18H30BrNO4. The predicted octanol–water partition coefficient (Wildman–Crippen LogP) is -0.330. The zero-order valence-corrected chi connectivity index (χ0v) is 17.0. The first-order valence-electron chi connectivity index (χ1n) is 8.11. The minimum Gasteiger partial charge on any atom is -1.00 e. The number of esters is 1. The lowest BCUT2D eigenvalue weighted by molar-refractivity contribution is -0.890. The van der Waals surface area contributed by atoms with Crippen LogP contribution in [0.4, 0.5) is 0 Å². The minimum absolute atomic E-state index is 0. The maximum Gasteiger partial charge on any atom is 0.305 e. The van der Waals surface area contributed by atoms with Crippen molar-refractivity contribution < 1.29 is 40.5 Å². The molecule has 0 unspecified atom stereocenters. The Morgan fingerprint density at radius 1 is 1.12 bits per heavy atom. The number of carbonyl (C=O) groups is 1. The van der Waals surface area contributed by atoms with E-state index in [0.29, 0.717) is 13.0 Å². The second kappa shape index (κ2) is 11.3. The molecule has 0 aromatic heterocycles. The number of benzene rings is 1. The van der Waals surface area contributed by atoms with E-state index in [0.717, 1.165) is 47.5 Å². The number of nitrogens with zero attached hydrogens (tertiary/aromatic N) is 1. The van der Waals surface area contributed by atoms with Crippen LogP contribution in [0, 0.1) is 0 Å². The van der Waals surface area contributed by atoms with Crippen LogP contribution in [0.1, 0.15) is 25.3 Å². The standard InChI is InChI=1S/C18H30NO4.BrH/c1-6-23-17(20)11-8-13-19(2,3)14-12-15-9-7-10-16(21-4)18(15)22-5;/h7,9-10H,6,8,11-14H2,1-5H3;1H/q+1;/p-1. The van der Waals surface area contributed by atoms with Gasteiger partial charge in [-0.25, -0.2) is 0 Å². The summed E-state index contributed by atoms with van der Waals surface area (Å²) in [5.41, 5.74) is 1.14. The largest absolute Gasteiger partial charge is 1.00 e. The number of methoxy groups -OCH3 is 2. The Hall–Kier alpha value is -1.27. The maximum atomic E-state index is 11.4. The van der Waals surface area contributed by atoms with Crippen LogP contribution in [0.2, 0.25) is 0 Å². The first kappa shape index (κ1) is 22.7. The molecule has 0 aliphatic rings. The Kier molecular flexibility index (Phi) is 10.7. The Balaban J connectivity index is 0.00000529. The van der Waals surface area contributed by atoms with Gasteiger partial charge in [0.05, 0.1) is 54.4 Å². The van der Waals surface area contributed by atoms with Crippen molar-refractivity contribution in [1.82, 2.24) is 0 Å². The van der Waals surface area contributed by atoms with Gasteiger partial charge in [0.1, 0.15) is 0 Å². The molecule has 1 aromatic rings. The van der Waals surface area contributed by atoms with Gasteiger partial charge in [0, 0.05) is 18.4 Å². The number of carbonyl (C=O) groups excluding carboxylic acids is 1. The average molecular weight is 404 g/mol. The molecule has 0 aliphatic heterocycles. The molecule has 0 fully saturated rings. The number of hydrogen-bond donors (Lipinski definition) is 0. The van der Waals surface area contributed by atoms with Crippen molar-refractivity contribution in [3.8, 4) is 11.5 Å². The van der Waals surface area contributed by atoms with Gasteiger partial charge in [-0.3, -0.25) is 4.79 Å². The Morgan fingerprint density at radius 3 is 2.42 bits per heavy atom. The molecule has 1 rings (SSSR count). The van der Waals surface area contributed by atoms with Crippen LogP contribution in [0.25, 0.3) is 0 Å². The highest BCUT2D eigenvalue weighted by Gasteiger charge is 2.18. The molecule has 1 aromatic carbocycles. The monoisotopic (exact) mass is 403 g/mol. The van der Waals surface area contributed by atoms with Crippen molar-refractivity contribution in [3.63, 3.8) is 0 Å². The number of halogens is 1. The lowest BCUT2D eigenvalue weighted by atomic mass is 10.1. The van der Waals surface area contributed by atoms with Gasteiger partial charge >= 0.3 is 5.97 Å². The lowest BCUT2D eigenvalue weighted by Gasteiger charge is -2.30. The van der Waals surface area contributed by atoms with Crippen LogP contribution in [-0.2, 0) is 16.0 Å². The van der Waals surface area contributed by atoms with Crippen LogP contribution in [-0.4, -0.2) is 58.5 Å². The van der Waals surface area contributed by atoms with Gasteiger partial charge in [0.2, 0.25) is 0 Å². The van der Waals surface area contributed by atoms with Crippen LogP contribution in [0.3, 0.4) is 0 Å². The Labute approximate surface area is 156 Å². The molecule has 24 heavy (non-hydrogen) atoms. The Bertz CT molecular complexity index is 506. The number of hydrogen-bond acceptors (Lipinski definition) is 4. The molecule has 0 radical (unpaired) electrons. The zero-order chi connectivity index (χ0) is 17.3. The van der Waals surface area contributed by atoms with E-state index in [2.05, 4.69) is 20.2 Å². The molecule has 0 N–H and O–H groups in total. The second-order valence-corrected chi connectivity index (χ2v) is 6.19. The number of ether oxygens (including phenoxy) is 3. The van der Waals surface area contributed by atoms with E-state index in [1.54, 1.807) is 14.2 Å². The molecule has 5 nitrogen and oxygen atoms in total. The van der Waals surface area contributed by atoms with Crippen molar-refractivity contribution in [2.75, 3.05) is 48.0 Å². The maximum absolute atomic E-state index is 11.4. The molecule has 0 heterocycles. The van der Waals surface area contributed by atoms with Crippen molar-refractivity contribution in [2.24, 2.45) is 0 Å². The number of quaternary nitrogens is 1. The number of likely N-dealkylation sites (N-methyl/N-ethyl adjacent to an activating group) is 1. The molecule has 0 aliphatic carbocycles. The van der Waals surface area contributed by atoms with Crippen molar-refractivity contribution in [1.29, 1.82) is 0 Å². The zero-order valence-electron chi connectivity index (χ0n) is 15.4. The summed E-state index contributed by atoms with van der Waals surface area (Å²) in [5.74, 6) is 1.46. The molecule has 0 saturated heterocycles. The Morgan fingerprint density at radius 2 is 1.83 bits per heavy atom. The van der Waals surface area contributed by atoms with Crippen molar-refractivity contribution >= 4 is 5.97 Å². The van der Waals surface area contributed by atoms with Gasteiger partial charge < -0.3 is 35.7 Å². The highest BCUT2D eigenvalue weighted by atomic mass is 79.9. The number of para-hydroxylation sites is 1. The average Bonchev–Trinajstić information content (AvgIpc) is 2.52. The summed E-state index contributed by atoms with van der Waals surface area (Å²) < 4.78 is 16.6. The van der Waals surface area contributed by atoms with E-state index in [4.69, 9.17) is 14.2 Å². The highest BCUT2D eigenvalue weighted by Crippen LogP contribution is 2.31. The molecule has 6 heteroatoms. The first-order valence-corrected chi connectivity index (χ1v) is 8.11. The fourth-order valence-electron chi connectivity index (χ4n) is 2.57. The van der Waals surface area contributed by atoms with Gasteiger partial charge in [-0.05, 0) is 13.0 Å². The molecule has 0 saturated carbocycles. The third-order valence-electron chi connectivity index (χ3n) is 3.92. The van der Waals surface area contributed by atoms with Crippen LogP contribution >= 0.6 is 0 Å². The van der Waals surface area contributed by atoms with E-state index in [1.165, 1.54) is 0 Å². The van der Waals surface area contributed by atoms with Gasteiger partial charge in [-0.2, -0.15) is 0 Å². The van der Waals surface area contributed by atoms with Gasteiger partial charge in [0.15, 0.2) is 11.5 Å². The minimum atomic E-state index is -0.109. The van der Waals surface area contributed by atoms with Gasteiger partial charge in [-0.1, -0.05) is 12.1 Å². The van der Waals surface area contributed by atoms with Crippen LogP contribution in [0.5, 0.6) is 11.5 Å². The topological polar surface area (TPSA) is 44.8 Å². The molecule has 0 atom stereocenters. The number of rotatable bonds is 10. The smallest absolute Gasteiger partial charge is 0.305 e. The van der Waals surface area contributed by atoms with Crippen LogP contribution in [0.15, 0.2) is 18.2 Å². The van der Waals surface area contributed by atoms with Crippen LogP contribution < -0.4 is 26.5 Å². The van der Waals surface area contributed by atoms with E-state index in [-0.39, 0.29) is 23.0 Å². The summed E-state index contributed by atoms with van der Waals surface area (Å²) in [4.78, 5) is 11.4. The molecule has 0 bridgehead atoms. The quantitative estimate of drug-likeness (QED) is 0.396. The molecule has 0 amide bonds. The SMILES string of the molecule is CCOC(=O)CCC[N+](C)(C)CCc1cccc(OC)c1OC.[Br-]. The fraction of sp³-hybridized carbons (Fsp3) is 0.611. The third-order valence-corrected chi connectivity index (χ3v) is 3.92. The van der Waals surface area contributed by atoms with E-state index in [1.807, 2.05) is 19.1 Å². The summed E-state index contributed by atoms with van der Waals surface area (Å²) in [6.45, 7) is 4.18. The summed E-state index contributed by atoms with van der Waals surface area (Å²) in [6, 6.07) is 5.96. The second-order valence-electron chi connectivity index (χ2n) is 6.19. The lowest BCUT2D eigenvalue weighted by Crippen LogP contribution is -3.00. The predicted molar refractivity (Wildman–Crippen MR) is 91.0 cm³/mol. The van der Waals surface area contributed by atoms with Gasteiger partial charge in [-0.15, -0.1) is 0 Å². The molecule has 0 spiro atoms. The molecule has 138 valence electrons. The summed E-state index contributed by atoms with van der Waals surface area (Å²) in [6.07, 6.45) is 2.21.